The molecule has 0 atom stereocenters. The molecule has 6 aromatic heterocycles. The number of pyridine rings is 3. The second-order valence-electron chi connectivity index (χ2n) is 13.0. The summed E-state index contributed by atoms with van der Waals surface area (Å²) in [5, 5.41) is 7.00. The Morgan fingerprint density at radius 3 is 0.759 bits per heavy atom. The molecule has 0 radical (unpaired) electrons. The summed E-state index contributed by atoms with van der Waals surface area (Å²) in [4.78, 5) is 39.1. The number of hydrogen-bond donors (Lipinski definition) is 0. The summed E-state index contributed by atoms with van der Waals surface area (Å²) in [6.45, 7) is 0. The quantitative estimate of drug-likeness (QED) is 0.157. The monoisotopic (exact) mass is 693 g/mol. The summed E-state index contributed by atoms with van der Waals surface area (Å²) >= 11 is 0. The van der Waals surface area contributed by atoms with Crippen LogP contribution < -0.4 is 0 Å². The highest BCUT2D eigenvalue weighted by Crippen LogP contribution is 2.40. The zero-order chi connectivity index (χ0) is 35.8. The lowest BCUT2D eigenvalue weighted by Crippen LogP contribution is -1.90. The molecule has 0 amide bonds. The van der Waals surface area contributed by atoms with Crippen molar-refractivity contribution in [2.24, 2.45) is 0 Å². The van der Waals surface area contributed by atoms with Gasteiger partial charge in [0.05, 0.1) is 17.1 Å². The maximum Gasteiger partial charge on any atom is 0.115 e. The van der Waals surface area contributed by atoms with E-state index in [1.165, 1.54) is 35.1 Å². The molecule has 6 heterocycles. The number of benzene rings is 4. The van der Waals surface area contributed by atoms with Crippen molar-refractivity contribution in [3.63, 3.8) is 0 Å². The molecular formula is C45H27N9. The smallest absolute Gasteiger partial charge is 0.115 e. The number of hydrogen-bond acceptors (Lipinski definition) is 9. The van der Waals surface area contributed by atoms with Crippen molar-refractivity contribution in [2.75, 3.05) is 0 Å². The lowest BCUT2D eigenvalue weighted by atomic mass is 9.89. The standard InChI is InChI=1S/C45H27N9/c1-7-37-40(13-28(1)31-4-10-43(52-22-31)34-16-46-25-47-17-34)38-8-2-30(33-6-12-45(54-24-33)36-20-50-27-51-21-36)15-42(38)39-9-3-29(14-41(37)39)32-5-11-44(53-23-32)35-18-48-26-49-19-35/h1-27H. The molecule has 9 nitrogen and oxygen atoms in total. The first-order valence-corrected chi connectivity index (χ1v) is 17.3. The molecule has 0 aliphatic carbocycles. The first-order valence-electron chi connectivity index (χ1n) is 17.3. The lowest BCUT2D eigenvalue weighted by Gasteiger charge is -2.15. The SMILES string of the molecule is c1ncc(-c2ccc(-c3ccc4c(c3)c3ccc(-c5ccc(-c6cncnc6)nc5)cc3c3ccc(-c5ccc(-c6cncnc6)nc5)cc43)cn2)cn1. The fourth-order valence-corrected chi connectivity index (χ4v) is 7.04. The number of nitrogens with zero attached hydrogens (tertiary/aromatic N) is 9. The van der Waals surface area contributed by atoms with Crippen molar-refractivity contribution in [3.8, 4) is 67.2 Å². The summed E-state index contributed by atoms with van der Waals surface area (Å²) in [6.07, 6.45) is 21.0. The first-order chi connectivity index (χ1) is 26.7. The molecule has 0 fully saturated rings. The third-order valence-corrected chi connectivity index (χ3v) is 9.79. The van der Waals surface area contributed by atoms with Crippen LogP contribution in [0.1, 0.15) is 0 Å². The molecule has 0 saturated carbocycles. The Kier molecular flexibility index (Phi) is 7.58. The van der Waals surface area contributed by atoms with E-state index in [0.29, 0.717) is 0 Å². The van der Waals surface area contributed by atoms with Crippen molar-refractivity contribution >= 4 is 32.3 Å². The predicted molar refractivity (Wildman–Crippen MR) is 212 cm³/mol. The largest absolute Gasteiger partial charge is 0.255 e. The fraction of sp³-hybridized carbons (Fsp3) is 0. The number of fused-ring (bicyclic) bond motifs is 6. The summed E-state index contributed by atoms with van der Waals surface area (Å²) < 4.78 is 0. The van der Waals surface area contributed by atoms with Gasteiger partial charge in [0.25, 0.3) is 0 Å². The van der Waals surface area contributed by atoms with Gasteiger partial charge < -0.3 is 0 Å². The zero-order valence-corrected chi connectivity index (χ0v) is 28.6. The number of aromatic nitrogens is 9. The van der Waals surface area contributed by atoms with Crippen molar-refractivity contribution in [1.82, 2.24) is 44.9 Å². The molecule has 9 heteroatoms. The average Bonchev–Trinajstić information content (AvgIpc) is 3.27. The van der Waals surface area contributed by atoms with Crippen LogP contribution in [0.25, 0.3) is 99.5 Å². The minimum atomic E-state index is 0.830. The summed E-state index contributed by atoms with van der Waals surface area (Å²) in [6, 6.07) is 32.4. The van der Waals surface area contributed by atoms with Crippen LogP contribution >= 0.6 is 0 Å². The van der Waals surface area contributed by atoms with Crippen molar-refractivity contribution < 1.29 is 0 Å². The van der Waals surface area contributed by atoms with E-state index in [4.69, 9.17) is 15.0 Å². The zero-order valence-electron chi connectivity index (χ0n) is 28.6. The molecule has 0 bridgehead atoms. The topological polar surface area (TPSA) is 116 Å². The van der Waals surface area contributed by atoms with Gasteiger partial charge in [0.15, 0.2) is 0 Å². The highest BCUT2D eigenvalue weighted by Gasteiger charge is 2.14. The van der Waals surface area contributed by atoms with Gasteiger partial charge in [-0.1, -0.05) is 54.6 Å². The lowest BCUT2D eigenvalue weighted by molar-refractivity contribution is 1.16. The second-order valence-corrected chi connectivity index (χ2v) is 13.0. The summed E-state index contributed by atoms with van der Waals surface area (Å²) in [5.41, 5.74) is 11.5. The second kappa shape index (κ2) is 13.2. The highest BCUT2D eigenvalue weighted by atomic mass is 14.8. The van der Waals surface area contributed by atoms with E-state index < -0.39 is 0 Å². The van der Waals surface area contributed by atoms with Crippen LogP contribution in [0.15, 0.2) is 166 Å². The molecule has 0 spiro atoms. The minimum Gasteiger partial charge on any atom is -0.255 e. The molecule has 54 heavy (non-hydrogen) atoms. The molecule has 0 unspecified atom stereocenters. The Bertz CT molecular complexity index is 2590. The van der Waals surface area contributed by atoms with Crippen LogP contribution in [-0.4, -0.2) is 44.9 Å². The van der Waals surface area contributed by atoms with E-state index in [-0.39, 0.29) is 0 Å². The van der Waals surface area contributed by atoms with Crippen LogP contribution in [0.2, 0.25) is 0 Å². The maximum absolute atomic E-state index is 4.75. The Balaban J connectivity index is 1.12. The first kappa shape index (κ1) is 31.1. The molecule has 0 aliphatic heterocycles. The van der Waals surface area contributed by atoms with Gasteiger partial charge in [-0.3, -0.25) is 15.0 Å². The van der Waals surface area contributed by atoms with E-state index in [1.54, 1.807) is 37.2 Å². The number of rotatable bonds is 6. The van der Waals surface area contributed by atoms with Crippen molar-refractivity contribution in [1.29, 1.82) is 0 Å². The van der Waals surface area contributed by atoms with Crippen molar-refractivity contribution in [3.05, 3.63) is 166 Å². The van der Waals surface area contributed by atoms with Gasteiger partial charge in [-0.25, -0.2) is 29.9 Å². The van der Waals surface area contributed by atoms with Gasteiger partial charge in [0.2, 0.25) is 0 Å². The van der Waals surface area contributed by atoms with E-state index in [2.05, 4.69) is 103 Å². The molecular weight excluding hydrogens is 667 g/mol. The third kappa shape index (κ3) is 5.66. The van der Waals surface area contributed by atoms with Gasteiger partial charge in [-0.15, -0.1) is 0 Å². The molecule has 252 valence electrons. The Hall–Kier alpha value is -7.65. The van der Waals surface area contributed by atoms with Crippen LogP contribution in [0.3, 0.4) is 0 Å². The van der Waals surface area contributed by atoms with Gasteiger partial charge in [0.1, 0.15) is 19.0 Å². The Morgan fingerprint density at radius 2 is 0.500 bits per heavy atom. The van der Waals surface area contributed by atoms with E-state index in [9.17, 15) is 0 Å². The van der Waals surface area contributed by atoms with E-state index in [1.807, 2.05) is 36.8 Å². The molecule has 10 rings (SSSR count). The Labute approximate surface area is 309 Å². The molecule has 10 aromatic rings. The molecule has 4 aromatic carbocycles. The van der Waals surface area contributed by atoms with Crippen LogP contribution in [-0.2, 0) is 0 Å². The highest BCUT2D eigenvalue weighted by molar-refractivity contribution is 6.26. The molecule has 0 N–H and O–H groups in total. The average molecular weight is 694 g/mol. The van der Waals surface area contributed by atoms with Crippen LogP contribution in [0.5, 0.6) is 0 Å². The van der Waals surface area contributed by atoms with E-state index in [0.717, 1.165) is 83.3 Å². The minimum absolute atomic E-state index is 0.830. The fourth-order valence-electron chi connectivity index (χ4n) is 7.04. The summed E-state index contributed by atoms with van der Waals surface area (Å²) in [5.74, 6) is 0. The third-order valence-electron chi connectivity index (χ3n) is 9.79. The van der Waals surface area contributed by atoms with Gasteiger partial charge in [-0.05, 0) is 85.4 Å². The normalized spacial score (nSPS) is 11.3. The predicted octanol–water partition coefficient (Wildman–Crippen LogP) is 9.70. The van der Waals surface area contributed by atoms with E-state index >= 15 is 0 Å². The summed E-state index contributed by atoms with van der Waals surface area (Å²) in [7, 11) is 0. The molecule has 0 saturated heterocycles. The van der Waals surface area contributed by atoms with Crippen molar-refractivity contribution in [2.45, 2.75) is 0 Å². The van der Waals surface area contributed by atoms with Gasteiger partial charge in [-0.2, -0.15) is 0 Å². The van der Waals surface area contributed by atoms with Gasteiger partial charge in [0, 0.05) is 89.2 Å². The molecule has 0 aliphatic rings. The maximum atomic E-state index is 4.75. The Morgan fingerprint density at radius 1 is 0.222 bits per heavy atom. The van der Waals surface area contributed by atoms with Crippen LogP contribution in [0.4, 0.5) is 0 Å². The van der Waals surface area contributed by atoms with Gasteiger partial charge >= 0.3 is 0 Å². The van der Waals surface area contributed by atoms with Crippen LogP contribution in [0, 0.1) is 0 Å².